The lowest BCUT2D eigenvalue weighted by molar-refractivity contribution is -0.383. The molecule has 1 aromatic carbocycles. The van der Waals surface area contributed by atoms with Crippen molar-refractivity contribution in [2.45, 2.75) is 6.54 Å². The molecule has 94 valence electrons. The lowest BCUT2D eigenvalue weighted by Crippen LogP contribution is -1.98. The topological polar surface area (TPSA) is 61.0 Å². The second-order valence-corrected chi connectivity index (χ2v) is 4.27. The van der Waals surface area contributed by atoms with Crippen LogP contribution in [0.3, 0.4) is 0 Å². The Balaban J connectivity index is 2.07. The van der Waals surface area contributed by atoms with Crippen LogP contribution in [0.15, 0.2) is 55.0 Å². The molecule has 0 saturated heterocycles. The minimum absolute atomic E-state index is 0.144. The molecule has 2 heterocycles. The van der Waals surface area contributed by atoms with Crippen LogP contribution >= 0.6 is 0 Å². The Hall–Kier alpha value is -2.69. The summed E-state index contributed by atoms with van der Waals surface area (Å²) in [5, 5.41) is 11.6. The highest BCUT2D eigenvalue weighted by Gasteiger charge is 2.13. The van der Waals surface area contributed by atoms with Gasteiger partial charge in [-0.1, -0.05) is 6.07 Å². The van der Waals surface area contributed by atoms with E-state index in [1.165, 1.54) is 6.07 Å². The summed E-state index contributed by atoms with van der Waals surface area (Å²) in [6, 6.07) is 10.8. The quantitative estimate of drug-likeness (QED) is 0.532. The first-order valence-electron chi connectivity index (χ1n) is 5.87. The van der Waals surface area contributed by atoms with Crippen molar-refractivity contribution in [2.75, 3.05) is 0 Å². The van der Waals surface area contributed by atoms with E-state index in [4.69, 9.17) is 0 Å². The van der Waals surface area contributed by atoms with E-state index in [9.17, 15) is 10.1 Å². The van der Waals surface area contributed by atoms with Crippen LogP contribution in [0.5, 0.6) is 0 Å². The van der Waals surface area contributed by atoms with Gasteiger partial charge in [0.2, 0.25) is 0 Å². The zero-order chi connectivity index (χ0) is 13.2. The standard InChI is InChI=1S/C14H11N3O2/c18-17(19)14-3-1-2-13-12(14)6-9-16(13)10-11-4-7-15-8-5-11/h1-9H,10H2. The van der Waals surface area contributed by atoms with E-state index in [1.54, 1.807) is 24.5 Å². The van der Waals surface area contributed by atoms with Gasteiger partial charge in [0.1, 0.15) is 0 Å². The first kappa shape index (κ1) is 11.4. The minimum atomic E-state index is -0.348. The van der Waals surface area contributed by atoms with Gasteiger partial charge in [-0.3, -0.25) is 15.1 Å². The Morgan fingerprint density at radius 1 is 1.16 bits per heavy atom. The highest BCUT2D eigenvalue weighted by Crippen LogP contribution is 2.26. The number of hydrogen-bond acceptors (Lipinski definition) is 3. The molecule has 2 aromatic heterocycles. The number of aromatic nitrogens is 2. The van der Waals surface area contributed by atoms with Gasteiger partial charge in [0.05, 0.1) is 15.8 Å². The number of nitro groups is 1. The van der Waals surface area contributed by atoms with E-state index >= 15 is 0 Å². The monoisotopic (exact) mass is 253 g/mol. The molecule has 0 saturated carbocycles. The largest absolute Gasteiger partial charge is 0.343 e. The SMILES string of the molecule is O=[N+]([O-])c1cccc2c1ccn2Cc1ccncc1. The van der Waals surface area contributed by atoms with Gasteiger partial charge in [-0.2, -0.15) is 0 Å². The van der Waals surface area contributed by atoms with E-state index in [-0.39, 0.29) is 10.6 Å². The fourth-order valence-corrected chi connectivity index (χ4v) is 2.19. The van der Waals surface area contributed by atoms with Crippen LogP contribution in [-0.4, -0.2) is 14.5 Å². The summed E-state index contributed by atoms with van der Waals surface area (Å²) in [4.78, 5) is 14.6. The number of nitrogens with zero attached hydrogens (tertiary/aromatic N) is 3. The van der Waals surface area contributed by atoms with Crippen LogP contribution in [-0.2, 0) is 6.54 Å². The van der Waals surface area contributed by atoms with Crippen molar-refractivity contribution in [3.8, 4) is 0 Å². The van der Waals surface area contributed by atoms with Crippen molar-refractivity contribution in [3.63, 3.8) is 0 Å². The Morgan fingerprint density at radius 3 is 2.68 bits per heavy atom. The predicted octanol–water partition coefficient (Wildman–Crippen LogP) is 2.99. The third-order valence-electron chi connectivity index (χ3n) is 3.09. The van der Waals surface area contributed by atoms with Gasteiger partial charge in [0.15, 0.2) is 0 Å². The average molecular weight is 253 g/mol. The minimum Gasteiger partial charge on any atom is -0.343 e. The van der Waals surface area contributed by atoms with Crippen LogP contribution in [0.2, 0.25) is 0 Å². The second kappa shape index (κ2) is 4.53. The number of fused-ring (bicyclic) bond motifs is 1. The van der Waals surface area contributed by atoms with Crippen molar-refractivity contribution >= 4 is 16.6 Å². The summed E-state index contributed by atoms with van der Waals surface area (Å²) in [6.07, 6.45) is 5.35. The zero-order valence-electron chi connectivity index (χ0n) is 10.1. The molecule has 0 fully saturated rings. The molecule has 0 aliphatic carbocycles. The molecular formula is C14H11N3O2. The molecule has 5 nitrogen and oxygen atoms in total. The maximum atomic E-state index is 11.0. The maximum Gasteiger partial charge on any atom is 0.278 e. The van der Waals surface area contributed by atoms with Crippen LogP contribution < -0.4 is 0 Å². The summed E-state index contributed by atoms with van der Waals surface area (Å²) < 4.78 is 2.00. The lowest BCUT2D eigenvalue weighted by Gasteiger charge is -2.05. The molecule has 0 unspecified atom stereocenters. The predicted molar refractivity (Wildman–Crippen MR) is 71.9 cm³/mol. The van der Waals surface area contributed by atoms with Gasteiger partial charge < -0.3 is 4.57 Å². The van der Waals surface area contributed by atoms with Gasteiger partial charge >= 0.3 is 0 Å². The number of pyridine rings is 1. The van der Waals surface area contributed by atoms with Crippen molar-refractivity contribution in [3.05, 3.63) is 70.7 Å². The molecule has 0 bridgehead atoms. The summed E-state index contributed by atoms with van der Waals surface area (Å²) in [6.45, 7) is 0.674. The highest BCUT2D eigenvalue weighted by molar-refractivity contribution is 5.89. The average Bonchev–Trinajstić information content (AvgIpc) is 2.83. The number of nitro benzene ring substituents is 1. The molecule has 5 heteroatoms. The first-order valence-corrected chi connectivity index (χ1v) is 5.87. The van der Waals surface area contributed by atoms with E-state index in [0.29, 0.717) is 11.9 Å². The van der Waals surface area contributed by atoms with Crippen LogP contribution in [0.4, 0.5) is 5.69 Å². The molecule has 0 spiro atoms. The number of rotatable bonds is 3. The Labute approximate surface area is 109 Å². The van der Waals surface area contributed by atoms with Crippen LogP contribution in [0.1, 0.15) is 5.56 Å². The van der Waals surface area contributed by atoms with Crippen molar-refractivity contribution < 1.29 is 4.92 Å². The Kier molecular flexibility index (Phi) is 2.72. The molecule has 3 aromatic rings. The van der Waals surface area contributed by atoms with Crippen LogP contribution in [0, 0.1) is 10.1 Å². The molecule has 3 rings (SSSR count). The summed E-state index contributed by atoms with van der Waals surface area (Å²) in [5.41, 5.74) is 2.12. The Bertz CT molecular complexity index is 735. The fraction of sp³-hybridized carbons (Fsp3) is 0.0714. The van der Waals surface area contributed by atoms with Gasteiger partial charge in [-0.15, -0.1) is 0 Å². The number of hydrogen-bond donors (Lipinski definition) is 0. The molecule has 19 heavy (non-hydrogen) atoms. The molecular weight excluding hydrogens is 242 g/mol. The van der Waals surface area contributed by atoms with Crippen molar-refractivity contribution in [1.82, 2.24) is 9.55 Å². The summed E-state index contributed by atoms with van der Waals surface area (Å²) in [7, 11) is 0. The van der Waals surface area contributed by atoms with E-state index in [1.807, 2.05) is 29.0 Å². The summed E-state index contributed by atoms with van der Waals surface area (Å²) in [5.74, 6) is 0. The molecule has 0 radical (unpaired) electrons. The van der Waals surface area contributed by atoms with E-state index in [0.717, 1.165) is 11.1 Å². The summed E-state index contributed by atoms with van der Waals surface area (Å²) >= 11 is 0. The van der Waals surface area contributed by atoms with E-state index < -0.39 is 0 Å². The zero-order valence-corrected chi connectivity index (χ0v) is 10.1. The smallest absolute Gasteiger partial charge is 0.278 e. The lowest BCUT2D eigenvalue weighted by atomic mass is 10.2. The molecule has 0 amide bonds. The molecule has 0 aliphatic heterocycles. The van der Waals surface area contributed by atoms with Crippen LogP contribution in [0.25, 0.3) is 10.9 Å². The highest BCUT2D eigenvalue weighted by atomic mass is 16.6. The second-order valence-electron chi connectivity index (χ2n) is 4.27. The maximum absolute atomic E-state index is 11.0. The third kappa shape index (κ3) is 2.06. The Morgan fingerprint density at radius 2 is 1.95 bits per heavy atom. The van der Waals surface area contributed by atoms with Gasteiger partial charge in [-0.25, -0.2) is 0 Å². The van der Waals surface area contributed by atoms with Gasteiger partial charge in [-0.05, 0) is 29.8 Å². The number of non-ortho nitro benzene ring substituents is 1. The molecule has 0 aliphatic rings. The molecule has 0 atom stereocenters. The normalized spacial score (nSPS) is 10.7. The fourth-order valence-electron chi connectivity index (χ4n) is 2.19. The first-order chi connectivity index (χ1) is 9.25. The van der Waals surface area contributed by atoms with Crippen molar-refractivity contribution in [1.29, 1.82) is 0 Å². The van der Waals surface area contributed by atoms with Gasteiger partial charge in [0.25, 0.3) is 5.69 Å². The number of benzene rings is 1. The van der Waals surface area contributed by atoms with E-state index in [2.05, 4.69) is 4.98 Å². The third-order valence-corrected chi connectivity index (χ3v) is 3.09. The molecule has 0 N–H and O–H groups in total. The van der Waals surface area contributed by atoms with Crippen molar-refractivity contribution in [2.24, 2.45) is 0 Å². The van der Waals surface area contributed by atoms with Gasteiger partial charge in [0, 0.05) is 31.2 Å².